The quantitative estimate of drug-likeness (QED) is 0.411. The molecule has 2 aromatic carbocycles. The zero-order valence-electron chi connectivity index (χ0n) is 17.0. The minimum Gasteiger partial charge on any atom is -0.325 e. The van der Waals surface area contributed by atoms with E-state index in [-0.39, 0.29) is 21.7 Å². The number of hydrogen-bond donors (Lipinski definition) is 2. The van der Waals surface area contributed by atoms with Crippen molar-refractivity contribution in [3.8, 4) is 0 Å². The van der Waals surface area contributed by atoms with E-state index in [9.17, 15) is 18.0 Å². The van der Waals surface area contributed by atoms with E-state index in [0.717, 1.165) is 29.1 Å². The Kier molecular flexibility index (Phi) is 6.88. The molecule has 3 rings (SSSR count). The highest BCUT2D eigenvalue weighted by Crippen LogP contribution is 2.24. The number of carbonyl (C=O) groups excluding carboxylic acids is 1. The topological polar surface area (TPSA) is 109 Å². The SMILES string of the molecule is Cc1ccc(C)c(S(=O)(=O)c2cnc(SCC(=O)Nc3cc(Cl)ccc3C)[nH]c2=O)c1. The van der Waals surface area contributed by atoms with Crippen LogP contribution in [-0.4, -0.2) is 30.0 Å². The number of aromatic amines is 1. The molecule has 0 radical (unpaired) electrons. The van der Waals surface area contributed by atoms with E-state index in [1.165, 1.54) is 6.07 Å². The summed E-state index contributed by atoms with van der Waals surface area (Å²) in [5, 5.41) is 3.39. The van der Waals surface area contributed by atoms with Crippen LogP contribution in [-0.2, 0) is 14.6 Å². The molecule has 162 valence electrons. The summed E-state index contributed by atoms with van der Waals surface area (Å²) in [5.41, 5.74) is 1.97. The largest absolute Gasteiger partial charge is 0.325 e. The Morgan fingerprint density at radius 2 is 1.81 bits per heavy atom. The maximum atomic E-state index is 12.9. The lowest BCUT2D eigenvalue weighted by molar-refractivity contribution is -0.113. The molecule has 0 fully saturated rings. The second kappa shape index (κ2) is 9.25. The van der Waals surface area contributed by atoms with Crippen LogP contribution in [0, 0.1) is 20.8 Å². The van der Waals surface area contributed by atoms with Gasteiger partial charge >= 0.3 is 0 Å². The highest BCUT2D eigenvalue weighted by molar-refractivity contribution is 7.99. The first-order chi connectivity index (χ1) is 14.6. The first kappa shape index (κ1) is 23.1. The fraction of sp³-hybridized carbons (Fsp3) is 0.190. The number of amides is 1. The number of aryl methyl sites for hydroxylation is 3. The predicted octanol–water partition coefficient (Wildman–Crippen LogP) is 3.91. The molecule has 1 amide bonds. The molecule has 1 heterocycles. The van der Waals surface area contributed by atoms with Crippen molar-refractivity contribution in [1.82, 2.24) is 9.97 Å². The minimum absolute atomic E-state index is 0.0298. The van der Waals surface area contributed by atoms with Gasteiger partial charge in [0.2, 0.25) is 15.7 Å². The molecular formula is C21H20ClN3O4S2. The van der Waals surface area contributed by atoms with E-state index < -0.39 is 20.3 Å². The number of nitrogens with one attached hydrogen (secondary N) is 2. The van der Waals surface area contributed by atoms with Crippen molar-refractivity contribution in [1.29, 1.82) is 0 Å². The van der Waals surface area contributed by atoms with E-state index in [1.807, 2.05) is 6.92 Å². The van der Waals surface area contributed by atoms with Crippen molar-refractivity contribution in [3.05, 3.63) is 74.7 Å². The van der Waals surface area contributed by atoms with Crippen LogP contribution in [0.2, 0.25) is 5.02 Å². The van der Waals surface area contributed by atoms with Crippen LogP contribution >= 0.6 is 23.4 Å². The van der Waals surface area contributed by atoms with Gasteiger partial charge < -0.3 is 10.3 Å². The van der Waals surface area contributed by atoms with Crippen LogP contribution in [0.4, 0.5) is 5.69 Å². The van der Waals surface area contributed by atoms with Crippen LogP contribution in [0.25, 0.3) is 0 Å². The summed E-state index contributed by atoms with van der Waals surface area (Å²) in [4.78, 5) is 30.8. The zero-order chi connectivity index (χ0) is 22.8. The van der Waals surface area contributed by atoms with Crippen molar-refractivity contribution >= 4 is 44.8 Å². The third-order valence-electron chi connectivity index (χ3n) is 4.48. The highest BCUT2D eigenvalue weighted by Gasteiger charge is 2.24. The number of sulfone groups is 1. The van der Waals surface area contributed by atoms with Gasteiger partial charge in [-0.05, 0) is 55.7 Å². The molecule has 2 N–H and O–H groups in total. The molecule has 31 heavy (non-hydrogen) atoms. The number of carbonyl (C=O) groups is 1. The summed E-state index contributed by atoms with van der Waals surface area (Å²) in [5.74, 6) is -0.345. The lowest BCUT2D eigenvalue weighted by atomic mass is 10.2. The molecule has 0 saturated heterocycles. The summed E-state index contributed by atoms with van der Waals surface area (Å²) in [7, 11) is -4.03. The van der Waals surface area contributed by atoms with Gasteiger partial charge in [0.15, 0.2) is 10.1 Å². The first-order valence-corrected chi connectivity index (χ1v) is 12.0. The second-order valence-corrected chi connectivity index (χ2v) is 10.2. The average molecular weight is 478 g/mol. The van der Waals surface area contributed by atoms with Crippen LogP contribution < -0.4 is 10.9 Å². The van der Waals surface area contributed by atoms with Crippen LogP contribution in [0.5, 0.6) is 0 Å². The van der Waals surface area contributed by atoms with Gasteiger partial charge in [-0.25, -0.2) is 13.4 Å². The smallest absolute Gasteiger partial charge is 0.270 e. The van der Waals surface area contributed by atoms with Gasteiger partial charge in [0, 0.05) is 10.7 Å². The first-order valence-electron chi connectivity index (χ1n) is 9.18. The number of halogens is 1. The molecule has 0 atom stereocenters. The third-order valence-corrected chi connectivity index (χ3v) is 7.49. The van der Waals surface area contributed by atoms with E-state index >= 15 is 0 Å². The predicted molar refractivity (Wildman–Crippen MR) is 122 cm³/mol. The number of H-pyrrole nitrogens is 1. The third kappa shape index (κ3) is 5.36. The Morgan fingerprint density at radius 1 is 1.10 bits per heavy atom. The average Bonchev–Trinajstić information content (AvgIpc) is 2.70. The molecule has 0 aliphatic heterocycles. The Labute approximate surface area is 189 Å². The lowest BCUT2D eigenvalue weighted by Gasteiger charge is -2.09. The molecule has 0 spiro atoms. The number of nitrogens with zero attached hydrogens (tertiary/aromatic N) is 1. The Morgan fingerprint density at radius 3 is 2.52 bits per heavy atom. The van der Waals surface area contributed by atoms with Gasteiger partial charge in [-0.15, -0.1) is 0 Å². The number of benzene rings is 2. The minimum atomic E-state index is -4.03. The number of aromatic nitrogens is 2. The van der Waals surface area contributed by atoms with E-state index in [4.69, 9.17) is 11.6 Å². The summed E-state index contributed by atoms with van der Waals surface area (Å²) >= 11 is 6.94. The lowest BCUT2D eigenvalue weighted by Crippen LogP contribution is -2.20. The van der Waals surface area contributed by atoms with Gasteiger partial charge in [-0.3, -0.25) is 9.59 Å². The zero-order valence-corrected chi connectivity index (χ0v) is 19.4. The van der Waals surface area contributed by atoms with Gasteiger partial charge in [-0.1, -0.05) is 41.6 Å². The van der Waals surface area contributed by atoms with Crippen LogP contribution in [0.15, 0.2) is 62.3 Å². The standard InChI is InChI=1S/C21H20ClN3O4S2/c1-12-4-5-14(3)17(8-12)31(28,29)18-10-23-21(25-20(18)27)30-11-19(26)24-16-9-15(22)7-6-13(16)2/h4-10H,11H2,1-3H3,(H,24,26)(H,23,25,27). The normalized spacial score (nSPS) is 11.4. The summed E-state index contributed by atoms with van der Waals surface area (Å²) in [6, 6.07) is 10.2. The number of thioether (sulfide) groups is 1. The number of rotatable bonds is 6. The van der Waals surface area contributed by atoms with E-state index in [2.05, 4.69) is 15.3 Å². The molecule has 1 aromatic heterocycles. The van der Waals surface area contributed by atoms with E-state index in [0.29, 0.717) is 16.3 Å². The van der Waals surface area contributed by atoms with Crippen molar-refractivity contribution in [2.24, 2.45) is 0 Å². The molecule has 3 aromatic rings. The van der Waals surface area contributed by atoms with Crippen molar-refractivity contribution in [3.63, 3.8) is 0 Å². The Hall–Kier alpha value is -2.62. The Bertz CT molecular complexity index is 1320. The maximum absolute atomic E-state index is 12.9. The van der Waals surface area contributed by atoms with Crippen LogP contribution in [0.1, 0.15) is 16.7 Å². The molecule has 0 bridgehead atoms. The fourth-order valence-corrected chi connectivity index (χ4v) is 5.16. The highest BCUT2D eigenvalue weighted by atomic mass is 35.5. The van der Waals surface area contributed by atoms with Crippen molar-refractivity contribution in [2.75, 3.05) is 11.1 Å². The summed E-state index contributed by atoms with van der Waals surface area (Å²) in [6.45, 7) is 5.28. The summed E-state index contributed by atoms with van der Waals surface area (Å²) in [6.07, 6.45) is 1.03. The molecule has 0 unspecified atom stereocenters. The fourth-order valence-electron chi connectivity index (χ4n) is 2.80. The molecule has 0 aliphatic carbocycles. The molecular weight excluding hydrogens is 458 g/mol. The monoisotopic (exact) mass is 477 g/mol. The number of anilines is 1. The van der Waals surface area contributed by atoms with Crippen LogP contribution in [0.3, 0.4) is 0 Å². The van der Waals surface area contributed by atoms with Gasteiger partial charge in [-0.2, -0.15) is 0 Å². The molecule has 7 nitrogen and oxygen atoms in total. The second-order valence-electron chi connectivity index (χ2n) is 6.95. The van der Waals surface area contributed by atoms with Crippen molar-refractivity contribution < 1.29 is 13.2 Å². The molecule has 0 saturated carbocycles. The number of hydrogen-bond acceptors (Lipinski definition) is 6. The van der Waals surface area contributed by atoms with E-state index in [1.54, 1.807) is 44.2 Å². The molecule has 10 heteroatoms. The van der Waals surface area contributed by atoms with Gasteiger partial charge in [0.05, 0.1) is 16.8 Å². The van der Waals surface area contributed by atoms with Crippen molar-refractivity contribution in [2.45, 2.75) is 35.7 Å². The maximum Gasteiger partial charge on any atom is 0.270 e. The molecule has 0 aliphatic rings. The summed E-state index contributed by atoms with van der Waals surface area (Å²) < 4.78 is 25.9. The van der Waals surface area contributed by atoms with Gasteiger partial charge in [0.25, 0.3) is 5.56 Å². The Balaban J connectivity index is 1.75. The van der Waals surface area contributed by atoms with Gasteiger partial charge in [0.1, 0.15) is 0 Å².